The first-order chi connectivity index (χ1) is 14.4. The third-order valence-corrected chi connectivity index (χ3v) is 4.37. The van der Waals surface area contributed by atoms with Gasteiger partial charge < -0.3 is 25.3 Å². The molecule has 8 nitrogen and oxygen atoms in total. The summed E-state index contributed by atoms with van der Waals surface area (Å²) in [5, 5.41) is 9.31. The van der Waals surface area contributed by atoms with Crippen molar-refractivity contribution in [3.8, 4) is 0 Å². The Balaban J connectivity index is 1.78. The molecule has 0 atom stereocenters. The molecule has 0 saturated heterocycles. The van der Waals surface area contributed by atoms with Crippen LogP contribution in [0.5, 0.6) is 0 Å². The number of carbonyl (C=O) groups excluding carboxylic acids is 2. The van der Waals surface area contributed by atoms with Crippen LogP contribution in [0.3, 0.4) is 0 Å². The number of nitrogens with one attached hydrogen (secondary N) is 3. The Bertz CT molecular complexity index is 856. The van der Waals surface area contributed by atoms with Gasteiger partial charge in [0.15, 0.2) is 11.7 Å². The molecular formula is C22H31N5O3. The number of rotatable bonds is 9. The zero-order chi connectivity index (χ0) is 21.9. The highest BCUT2D eigenvalue weighted by atomic mass is 16.3. The van der Waals surface area contributed by atoms with E-state index >= 15 is 0 Å². The number of amides is 2. The Kier molecular flexibility index (Phi) is 8.93. The highest BCUT2D eigenvalue weighted by Crippen LogP contribution is 2.08. The summed E-state index contributed by atoms with van der Waals surface area (Å²) < 4.78 is 5.18. The molecule has 8 heteroatoms. The lowest BCUT2D eigenvalue weighted by Crippen LogP contribution is -2.38. The van der Waals surface area contributed by atoms with Crippen LogP contribution >= 0.6 is 0 Å². The Hall–Kier alpha value is -3.29. The molecule has 3 N–H and O–H groups in total. The van der Waals surface area contributed by atoms with Crippen molar-refractivity contribution < 1.29 is 14.0 Å². The van der Waals surface area contributed by atoms with Gasteiger partial charge >= 0.3 is 0 Å². The average molecular weight is 414 g/mol. The first kappa shape index (κ1) is 23.0. The summed E-state index contributed by atoms with van der Waals surface area (Å²) in [4.78, 5) is 30.1. The van der Waals surface area contributed by atoms with E-state index in [4.69, 9.17) is 4.42 Å². The number of aryl methyl sites for hydroxylation is 1. The molecule has 0 unspecified atom stereocenters. The molecule has 0 bridgehead atoms. The second kappa shape index (κ2) is 11.6. The van der Waals surface area contributed by atoms with Crippen molar-refractivity contribution in [1.82, 2.24) is 20.9 Å². The second-order valence-electron chi connectivity index (χ2n) is 7.06. The van der Waals surface area contributed by atoms with Crippen LogP contribution in [0, 0.1) is 6.92 Å². The average Bonchev–Trinajstić information content (AvgIpc) is 3.17. The Morgan fingerprint density at radius 2 is 1.73 bits per heavy atom. The Labute approximate surface area is 177 Å². The van der Waals surface area contributed by atoms with Crippen molar-refractivity contribution in [2.45, 2.75) is 26.8 Å². The lowest BCUT2D eigenvalue weighted by atomic mass is 10.1. The molecule has 2 rings (SSSR count). The van der Waals surface area contributed by atoms with Crippen LogP contribution in [-0.2, 0) is 6.54 Å². The number of benzene rings is 1. The zero-order valence-corrected chi connectivity index (χ0v) is 18.1. The van der Waals surface area contributed by atoms with Gasteiger partial charge in [-0.1, -0.05) is 12.1 Å². The summed E-state index contributed by atoms with van der Waals surface area (Å²) in [5.74, 6) is 0.846. The second-order valence-corrected chi connectivity index (χ2v) is 7.06. The molecule has 0 spiro atoms. The van der Waals surface area contributed by atoms with Crippen LogP contribution in [-0.4, -0.2) is 56.4 Å². The smallest absolute Gasteiger partial charge is 0.287 e. The maximum atomic E-state index is 12.0. The molecule has 2 aromatic rings. The Morgan fingerprint density at radius 1 is 1.03 bits per heavy atom. The van der Waals surface area contributed by atoms with E-state index in [1.807, 2.05) is 38.1 Å². The van der Waals surface area contributed by atoms with Crippen LogP contribution in [0.25, 0.3) is 0 Å². The van der Waals surface area contributed by atoms with Gasteiger partial charge in [-0.15, -0.1) is 0 Å². The number of carbonyl (C=O) groups is 2. The maximum absolute atomic E-state index is 12.0. The van der Waals surface area contributed by atoms with E-state index in [0.717, 1.165) is 24.1 Å². The molecule has 1 aromatic heterocycles. The first-order valence-corrected chi connectivity index (χ1v) is 10.1. The fraction of sp³-hybridized carbons (Fsp3) is 0.409. The molecular weight excluding hydrogens is 382 g/mol. The van der Waals surface area contributed by atoms with Gasteiger partial charge in [0.05, 0.1) is 12.8 Å². The highest BCUT2D eigenvalue weighted by Gasteiger charge is 2.11. The van der Waals surface area contributed by atoms with Crippen molar-refractivity contribution in [3.05, 3.63) is 59.0 Å². The zero-order valence-electron chi connectivity index (χ0n) is 18.1. The van der Waals surface area contributed by atoms with Gasteiger partial charge in [-0.2, -0.15) is 0 Å². The molecule has 0 aliphatic rings. The predicted molar refractivity (Wildman–Crippen MR) is 118 cm³/mol. The minimum atomic E-state index is -0.200. The standard InChI is InChI=1S/C22H31N5O3/c1-5-23-22(25-13-6-12-24-20(28)19-16(2)11-14-30-19)26-15-17-7-9-18(10-8-17)21(29)27(3)4/h7-11,14H,5-6,12-13,15H2,1-4H3,(H,24,28)(H2,23,25,26). The van der Waals surface area contributed by atoms with Gasteiger partial charge in [-0.3, -0.25) is 9.59 Å². The number of nitrogens with zero attached hydrogens (tertiary/aromatic N) is 2. The molecule has 0 aliphatic heterocycles. The molecule has 0 radical (unpaired) electrons. The van der Waals surface area contributed by atoms with E-state index in [2.05, 4.69) is 20.9 Å². The quantitative estimate of drug-likeness (QED) is 0.332. The Morgan fingerprint density at radius 3 is 2.33 bits per heavy atom. The molecule has 30 heavy (non-hydrogen) atoms. The topological polar surface area (TPSA) is 99.0 Å². The molecule has 0 aliphatic carbocycles. The monoisotopic (exact) mass is 413 g/mol. The van der Waals surface area contributed by atoms with Gasteiger partial charge in [-0.25, -0.2) is 4.99 Å². The van der Waals surface area contributed by atoms with E-state index in [1.165, 1.54) is 6.26 Å². The largest absolute Gasteiger partial charge is 0.459 e. The highest BCUT2D eigenvalue weighted by molar-refractivity contribution is 5.94. The molecule has 0 fully saturated rings. The SMILES string of the molecule is CCNC(=NCc1ccc(C(=O)N(C)C)cc1)NCCCNC(=O)c1occc1C. The number of furan rings is 1. The fourth-order valence-electron chi connectivity index (χ4n) is 2.71. The lowest BCUT2D eigenvalue weighted by molar-refractivity contribution is 0.0827. The van der Waals surface area contributed by atoms with Gasteiger partial charge in [-0.05, 0) is 44.0 Å². The molecule has 0 saturated carbocycles. The summed E-state index contributed by atoms with van der Waals surface area (Å²) in [5.41, 5.74) is 2.50. The van der Waals surface area contributed by atoms with E-state index in [0.29, 0.717) is 36.9 Å². The van der Waals surface area contributed by atoms with Crippen LogP contribution in [0.4, 0.5) is 0 Å². The minimum Gasteiger partial charge on any atom is -0.459 e. The van der Waals surface area contributed by atoms with Crippen molar-refractivity contribution in [1.29, 1.82) is 0 Å². The van der Waals surface area contributed by atoms with E-state index in [9.17, 15) is 9.59 Å². The van der Waals surface area contributed by atoms with Crippen molar-refractivity contribution in [3.63, 3.8) is 0 Å². The van der Waals surface area contributed by atoms with Crippen molar-refractivity contribution in [2.24, 2.45) is 4.99 Å². The van der Waals surface area contributed by atoms with Crippen molar-refractivity contribution >= 4 is 17.8 Å². The summed E-state index contributed by atoms with van der Waals surface area (Å²) in [6.45, 7) is 6.29. The summed E-state index contributed by atoms with van der Waals surface area (Å²) in [6.07, 6.45) is 2.26. The third kappa shape index (κ3) is 6.95. The lowest BCUT2D eigenvalue weighted by Gasteiger charge is -2.12. The number of aliphatic imine (C=N–C) groups is 1. The summed E-state index contributed by atoms with van der Waals surface area (Å²) >= 11 is 0. The fourth-order valence-corrected chi connectivity index (χ4v) is 2.71. The molecule has 1 aromatic carbocycles. The van der Waals surface area contributed by atoms with Crippen molar-refractivity contribution in [2.75, 3.05) is 33.7 Å². The molecule has 1 heterocycles. The molecule has 162 valence electrons. The first-order valence-electron chi connectivity index (χ1n) is 10.1. The number of hydrogen-bond donors (Lipinski definition) is 3. The van der Waals surface area contributed by atoms with Crippen LogP contribution in [0.15, 0.2) is 46.0 Å². The molecule has 2 amide bonds. The normalized spacial score (nSPS) is 11.1. The third-order valence-electron chi connectivity index (χ3n) is 4.37. The van der Waals surface area contributed by atoms with Crippen LogP contribution in [0.2, 0.25) is 0 Å². The van der Waals surface area contributed by atoms with E-state index in [1.54, 1.807) is 25.1 Å². The maximum Gasteiger partial charge on any atom is 0.287 e. The number of hydrogen-bond acceptors (Lipinski definition) is 4. The van der Waals surface area contributed by atoms with E-state index < -0.39 is 0 Å². The van der Waals surface area contributed by atoms with Gasteiger partial charge in [0.25, 0.3) is 11.8 Å². The summed E-state index contributed by atoms with van der Waals surface area (Å²) in [7, 11) is 3.47. The minimum absolute atomic E-state index is 0.0191. The van der Waals surface area contributed by atoms with Gasteiger partial charge in [0.2, 0.25) is 0 Å². The predicted octanol–water partition coefficient (Wildman–Crippen LogP) is 2.17. The van der Waals surface area contributed by atoms with Gasteiger partial charge in [0.1, 0.15) is 0 Å². The van der Waals surface area contributed by atoms with Gasteiger partial charge in [0, 0.05) is 44.9 Å². The number of guanidine groups is 1. The van der Waals surface area contributed by atoms with Crippen LogP contribution < -0.4 is 16.0 Å². The van der Waals surface area contributed by atoms with Crippen LogP contribution in [0.1, 0.15) is 45.4 Å². The summed E-state index contributed by atoms with van der Waals surface area (Å²) in [6, 6.07) is 9.23. The van der Waals surface area contributed by atoms with E-state index in [-0.39, 0.29) is 11.8 Å².